The van der Waals surface area contributed by atoms with Crippen LogP contribution in [0.3, 0.4) is 0 Å². The maximum absolute atomic E-state index is 2.50. The Labute approximate surface area is 206 Å². The molecule has 0 atom stereocenters. The average molecular weight is 450 g/mol. The molecule has 0 aromatic heterocycles. The Morgan fingerprint density at radius 2 is 1.20 bits per heavy atom. The van der Waals surface area contributed by atoms with E-state index in [0.29, 0.717) is 0 Å². The zero-order valence-electron chi connectivity index (χ0n) is 20.6. The number of fused-ring (bicyclic) bond motifs is 2. The van der Waals surface area contributed by atoms with Crippen LogP contribution in [-0.2, 0) is 0 Å². The van der Waals surface area contributed by atoms with E-state index in [1.165, 1.54) is 71.2 Å². The number of benzene rings is 6. The molecule has 7 rings (SSSR count). The van der Waals surface area contributed by atoms with Crippen molar-refractivity contribution in [3.8, 4) is 11.1 Å². The molecule has 1 aliphatic heterocycles. The van der Waals surface area contributed by atoms with Gasteiger partial charge in [-0.15, -0.1) is 0 Å². The van der Waals surface area contributed by atoms with Crippen LogP contribution in [-0.4, -0.2) is 34.9 Å². The average Bonchev–Trinajstić information content (AvgIpc) is 2.88. The van der Waals surface area contributed by atoms with Crippen molar-refractivity contribution in [2.45, 2.75) is 0 Å². The van der Waals surface area contributed by atoms with Gasteiger partial charge in [0.2, 0.25) is 6.71 Å². The smallest absolute Gasteiger partial charge is 0.242 e. The Bertz CT molecular complexity index is 1750. The largest absolute Gasteiger partial charge is 0.377 e. The van der Waals surface area contributed by atoms with Gasteiger partial charge in [-0.3, -0.25) is 0 Å². The lowest BCUT2D eigenvalue weighted by Gasteiger charge is -2.31. The lowest BCUT2D eigenvalue weighted by molar-refractivity contribution is 1.12. The van der Waals surface area contributed by atoms with Gasteiger partial charge in [-0.1, -0.05) is 101 Å². The molecule has 0 saturated heterocycles. The van der Waals surface area contributed by atoms with Gasteiger partial charge in [0, 0.05) is 55.7 Å². The summed E-state index contributed by atoms with van der Waals surface area (Å²) in [6, 6.07) is 34.1. The highest BCUT2D eigenvalue weighted by Crippen LogP contribution is 2.45. The molecule has 0 unspecified atom stereocenters. The van der Waals surface area contributed by atoms with Crippen molar-refractivity contribution in [2.24, 2.45) is 0 Å². The summed E-state index contributed by atoms with van der Waals surface area (Å²) in [7, 11) is 8.61. The fourth-order valence-electron chi connectivity index (χ4n) is 6.36. The third kappa shape index (κ3) is 2.73. The molecule has 0 amide bonds. The maximum Gasteiger partial charge on any atom is 0.242 e. The molecule has 35 heavy (non-hydrogen) atoms. The summed E-state index contributed by atoms with van der Waals surface area (Å²) in [5.41, 5.74) is 9.39. The van der Waals surface area contributed by atoms with E-state index >= 15 is 0 Å². The molecule has 6 aromatic rings. The molecule has 0 radical (unpaired) electrons. The molecule has 6 aromatic carbocycles. The molecule has 1 heterocycles. The van der Waals surface area contributed by atoms with Gasteiger partial charge in [-0.05, 0) is 33.4 Å². The van der Waals surface area contributed by atoms with Crippen molar-refractivity contribution in [1.82, 2.24) is 0 Å². The lowest BCUT2D eigenvalue weighted by Crippen LogP contribution is -2.54. The minimum absolute atomic E-state index is 0.206. The quantitative estimate of drug-likeness (QED) is 0.269. The van der Waals surface area contributed by atoms with E-state index in [4.69, 9.17) is 0 Å². The SMILES string of the molecule is CN(C)c1cc(N(C)C)c2cc3c4c(ccc5ccc1c2c54)-c1ccccc1B3c1ccccc1. The van der Waals surface area contributed by atoms with Crippen LogP contribution in [0.1, 0.15) is 0 Å². The van der Waals surface area contributed by atoms with Crippen LogP contribution in [0.4, 0.5) is 11.4 Å². The zero-order valence-corrected chi connectivity index (χ0v) is 20.6. The van der Waals surface area contributed by atoms with E-state index in [1.807, 2.05) is 0 Å². The zero-order chi connectivity index (χ0) is 23.8. The first kappa shape index (κ1) is 20.4. The highest BCUT2D eigenvalue weighted by Gasteiger charge is 2.33. The second-order valence-corrected chi connectivity index (χ2v) is 10.2. The van der Waals surface area contributed by atoms with E-state index in [-0.39, 0.29) is 6.71 Å². The highest BCUT2D eigenvalue weighted by atomic mass is 15.1. The fourth-order valence-corrected chi connectivity index (χ4v) is 6.36. The van der Waals surface area contributed by atoms with Crippen LogP contribution < -0.4 is 26.2 Å². The summed E-state index contributed by atoms with van der Waals surface area (Å²) < 4.78 is 0. The molecular formula is C32H27BN2. The molecule has 1 aliphatic rings. The molecule has 0 saturated carbocycles. The Kier molecular flexibility index (Phi) is 4.23. The first-order valence-electron chi connectivity index (χ1n) is 12.3. The summed E-state index contributed by atoms with van der Waals surface area (Å²) in [5.74, 6) is 0. The minimum atomic E-state index is 0.206. The topological polar surface area (TPSA) is 6.48 Å². The molecule has 168 valence electrons. The Morgan fingerprint density at radius 1 is 0.514 bits per heavy atom. The number of rotatable bonds is 3. The van der Waals surface area contributed by atoms with Crippen molar-refractivity contribution in [3.05, 3.63) is 91.0 Å². The predicted octanol–water partition coefficient (Wildman–Crippen LogP) is 5.21. The molecule has 2 nitrogen and oxygen atoms in total. The second-order valence-electron chi connectivity index (χ2n) is 10.2. The summed E-state index contributed by atoms with van der Waals surface area (Å²) >= 11 is 0. The number of anilines is 2. The summed E-state index contributed by atoms with van der Waals surface area (Å²) in [6.45, 7) is 0.206. The van der Waals surface area contributed by atoms with E-state index in [0.717, 1.165) is 0 Å². The van der Waals surface area contributed by atoms with Crippen LogP contribution in [0, 0.1) is 0 Å². The van der Waals surface area contributed by atoms with Gasteiger partial charge in [0.05, 0.1) is 0 Å². The molecule has 0 N–H and O–H groups in total. The third-order valence-electron chi connectivity index (χ3n) is 7.84. The van der Waals surface area contributed by atoms with Crippen LogP contribution in [0.2, 0.25) is 0 Å². The van der Waals surface area contributed by atoms with E-state index in [2.05, 4.69) is 129 Å². The number of nitrogens with zero attached hydrogens (tertiary/aromatic N) is 2. The first-order chi connectivity index (χ1) is 17.0. The van der Waals surface area contributed by atoms with Gasteiger partial charge in [0.25, 0.3) is 0 Å². The molecule has 3 heteroatoms. The molecular weight excluding hydrogens is 423 g/mol. The highest BCUT2D eigenvalue weighted by molar-refractivity contribution is 6.98. The van der Waals surface area contributed by atoms with Crippen LogP contribution in [0.15, 0.2) is 91.0 Å². The monoisotopic (exact) mass is 450 g/mol. The van der Waals surface area contributed by atoms with Gasteiger partial charge >= 0.3 is 0 Å². The normalized spacial score (nSPS) is 12.5. The molecule has 0 fully saturated rings. The Hall–Kier alpha value is -3.98. The number of hydrogen-bond acceptors (Lipinski definition) is 2. The minimum Gasteiger partial charge on any atom is -0.377 e. The van der Waals surface area contributed by atoms with Crippen LogP contribution >= 0.6 is 0 Å². The van der Waals surface area contributed by atoms with Crippen LogP contribution in [0.25, 0.3) is 43.4 Å². The van der Waals surface area contributed by atoms with Crippen molar-refractivity contribution in [3.63, 3.8) is 0 Å². The molecule has 0 aliphatic carbocycles. The Morgan fingerprint density at radius 3 is 1.97 bits per heavy atom. The van der Waals surface area contributed by atoms with Gasteiger partial charge in [0.15, 0.2) is 0 Å². The summed E-state index contributed by atoms with van der Waals surface area (Å²) in [4.78, 5) is 4.51. The van der Waals surface area contributed by atoms with Crippen molar-refractivity contribution >= 4 is 66.8 Å². The van der Waals surface area contributed by atoms with Gasteiger partial charge in [-0.2, -0.15) is 0 Å². The number of hydrogen-bond donors (Lipinski definition) is 0. The Balaban J connectivity index is 1.75. The first-order valence-corrected chi connectivity index (χ1v) is 12.3. The van der Waals surface area contributed by atoms with E-state index in [9.17, 15) is 0 Å². The third-order valence-corrected chi connectivity index (χ3v) is 7.84. The van der Waals surface area contributed by atoms with Crippen molar-refractivity contribution in [1.29, 1.82) is 0 Å². The van der Waals surface area contributed by atoms with Gasteiger partial charge < -0.3 is 9.80 Å². The summed E-state index contributed by atoms with van der Waals surface area (Å²) in [5, 5.41) is 8.16. The standard InChI is InChI=1S/C32H27BN2/c1-34(2)28-19-29(35(3)4)25-18-27-32-23(16-14-20-15-17-24(28)31(25)30(20)32)22-12-8-9-13-26(22)33(27)21-10-6-5-7-11-21/h5-19H,1-4H3. The van der Waals surface area contributed by atoms with E-state index in [1.54, 1.807) is 0 Å². The predicted molar refractivity (Wildman–Crippen MR) is 155 cm³/mol. The van der Waals surface area contributed by atoms with Gasteiger partial charge in [-0.25, -0.2) is 0 Å². The molecule has 0 bridgehead atoms. The summed E-state index contributed by atoms with van der Waals surface area (Å²) in [6.07, 6.45) is 0. The van der Waals surface area contributed by atoms with Crippen molar-refractivity contribution < 1.29 is 0 Å². The molecule has 0 spiro atoms. The second kappa shape index (κ2) is 7.26. The maximum atomic E-state index is 2.50. The van der Waals surface area contributed by atoms with E-state index < -0.39 is 0 Å². The van der Waals surface area contributed by atoms with Crippen molar-refractivity contribution in [2.75, 3.05) is 38.0 Å². The lowest BCUT2D eigenvalue weighted by atomic mass is 9.33. The van der Waals surface area contributed by atoms with Gasteiger partial charge in [0.1, 0.15) is 0 Å². The van der Waals surface area contributed by atoms with Crippen LogP contribution in [0.5, 0.6) is 0 Å². The fraction of sp³-hybridized carbons (Fsp3) is 0.125.